The second kappa shape index (κ2) is 10.3. The fraction of sp³-hybridized carbons (Fsp3) is 0.364. The highest BCUT2D eigenvalue weighted by molar-refractivity contribution is 7.89. The van der Waals surface area contributed by atoms with Crippen LogP contribution in [0, 0.1) is 6.92 Å². The number of methoxy groups -OCH3 is 1. The smallest absolute Gasteiger partial charge is 0.338 e. The molecule has 0 unspecified atom stereocenters. The third-order valence-electron chi connectivity index (χ3n) is 5.15. The fourth-order valence-electron chi connectivity index (χ4n) is 3.41. The van der Waals surface area contributed by atoms with Crippen LogP contribution < -0.4 is 10.1 Å². The number of hydrogen-bond donors (Lipinski definition) is 1. The van der Waals surface area contributed by atoms with Gasteiger partial charge < -0.3 is 14.8 Å². The van der Waals surface area contributed by atoms with E-state index >= 15 is 0 Å². The first-order valence-electron chi connectivity index (χ1n) is 10.1. The monoisotopic (exact) mass is 480 g/mol. The highest BCUT2D eigenvalue weighted by Crippen LogP contribution is 2.28. The first kappa shape index (κ1) is 24.0. The fourth-order valence-corrected chi connectivity index (χ4v) is 5.12. The Labute approximate surface area is 192 Å². The molecule has 0 radical (unpaired) electrons. The van der Waals surface area contributed by atoms with Crippen LogP contribution in [-0.4, -0.2) is 51.4 Å². The summed E-state index contributed by atoms with van der Waals surface area (Å²) in [6.45, 7) is 2.04. The lowest BCUT2D eigenvalue weighted by Crippen LogP contribution is -2.35. The largest absolute Gasteiger partial charge is 0.495 e. The molecule has 2 aromatic carbocycles. The molecule has 0 bridgehead atoms. The van der Waals surface area contributed by atoms with Crippen LogP contribution in [0.1, 0.15) is 35.2 Å². The molecule has 1 amide bonds. The number of anilines is 1. The summed E-state index contributed by atoms with van der Waals surface area (Å²) in [5.41, 5.74) is 0.979. The zero-order valence-electron chi connectivity index (χ0n) is 17.9. The van der Waals surface area contributed by atoms with E-state index in [9.17, 15) is 18.0 Å². The molecule has 0 saturated carbocycles. The Morgan fingerprint density at radius 3 is 2.50 bits per heavy atom. The van der Waals surface area contributed by atoms with E-state index in [0.29, 0.717) is 35.1 Å². The summed E-state index contributed by atoms with van der Waals surface area (Å²) in [7, 11) is -2.25. The Morgan fingerprint density at radius 2 is 1.81 bits per heavy atom. The normalized spacial score (nSPS) is 14.6. The minimum Gasteiger partial charge on any atom is -0.495 e. The van der Waals surface area contributed by atoms with Crippen molar-refractivity contribution in [1.82, 2.24) is 4.31 Å². The lowest BCUT2D eigenvalue weighted by Gasteiger charge is -2.26. The maximum atomic E-state index is 12.9. The number of aryl methyl sites for hydroxylation is 1. The SMILES string of the molecule is COc1ccc(Cl)cc1NC(=O)COC(=O)c1cc(S(=O)(=O)N2CCCCC2)ccc1C. The molecule has 8 nitrogen and oxygen atoms in total. The molecule has 1 saturated heterocycles. The number of hydrogen-bond acceptors (Lipinski definition) is 6. The number of ether oxygens (including phenoxy) is 2. The summed E-state index contributed by atoms with van der Waals surface area (Å²) < 4.78 is 37.6. The number of sulfonamides is 1. The number of halogens is 1. The molecule has 3 rings (SSSR count). The van der Waals surface area contributed by atoms with Crippen molar-refractivity contribution in [2.45, 2.75) is 31.1 Å². The number of carbonyl (C=O) groups excluding carboxylic acids is 2. The Kier molecular flexibility index (Phi) is 7.76. The molecular formula is C22H25ClN2O6S. The van der Waals surface area contributed by atoms with E-state index in [1.54, 1.807) is 25.1 Å². The number of nitrogens with zero attached hydrogens (tertiary/aromatic N) is 1. The average Bonchev–Trinajstić information content (AvgIpc) is 2.78. The molecule has 1 heterocycles. The molecule has 1 aliphatic heterocycles. The van der Waals surface area contributed by atoms with Crippen molar-refractivity contribution in [3.8, 4) is 5.75 Å². The summed E-state index contributed by atoms with van der Waals surface area (Å²) in [6, 6.07) is 9.07. The first-order valence-corrected chi connectivity index (χ1v) is 12.0. The van der Waals surface area contributed by atoms with Crippen LogP contribution in [0.15, 0.2) is 41.3 Å². The average molecular weight is 481 g/mol. The van der Waals surface area contributed by atoms with E-state index in [1.165, 1.54) is 29.6 Å². The summed E-state index contributed by atoms with van der Waals surface area (Å²) >= 11 is 5.95. The number of amides is 1. The second-order valence-electron chi connectivity index (χ2n) is 7.41. The van der Waals surface area contributed by atoms with Crippen molar-refractivity contribution >= 4 is 39.2 Å². The Hall–Kier alpha value is -2.62. The van der Waals surface area contributed by atoms with Gasteiger partial charge in [0.1, 0.15) is 5.75 Å². The Balaban J connectivity index is 1.69. The van der Waals surface area contributed by atoms with Crippen molar-refractivity contribution < 1.29 is 27.5 Å². The van der Waals surface area contributed by atoms with Crippen molar-refractivity contribution in [3.05, 3.63) is 52.5 Å². The molecule has 32 heavy (non-hydrogen) atoms. The standard InChI is InChI=1S/C22H25ClN2O6S/c1-15-6-8-17(32(28,29)25-10-4-3-5-11-25)13-18(15)22(27)31-14-21(26)24-19-12-16(23)7-9-20(19)30-2/h6-9,12-13H,3-5,10-11,14H2,1-2H3,(H,24,26). The van der Waals surface area contributed by atoms with Gasteiger partial charge in [0.05, 0.1) is 23.3 Å². The summed E-state index contributed by atoms with van der Waals surface area (Å²) in [4.78, 5) is 24.9. The molecule has 10 heteroatoms. The molecule has 0 aliphatic carbocycles. The van der Waals surface area contributed by atoms with Gasteiger partial charge in [0, 0.05) is 18.1 Å². The quantitative estimate of drug-likeness (QED) is 0.607. The Morgan fingerprint density at radius 1 is 1.09 bits per heavy atom. The van der Waals surface area contributed by atoms with E-state index in [4.69, 9.17) is 21.1 Å². The maximum Gasteiger partial charge on any atom is 0.338 e. The molecule has 172 valence electrons. The van der Waals surface area contributed by atoms with Gasteiger partial charge in [-0.1, -0.05) is 24.1 Å². The van der Waals surface area contributed by atoms with Crippen LogP contribution in [0.4, 0.5) is 5.69 Å². The molecule has 1 aliphatic rings. The minimum atomic E-state index is -3.70. The number of piperidine rings is 1. The zero-order chi connectivity index (χ0) is 23.3. The Bertz CT molecular complexity index is 1110. The van der Waals surface area contributed by atoms with Gasteiger partial charge in [0.2, 0.25) is 10.0 Å². The molecule has 2 aromatic rings. The number of nitrogens with one attached hydrogen (secondary N) is 1. The molecule has 1 fully saturated rings. The topological polar surface area (TPSA) is 102 Å². The number of benzene rings is 2. The van der Waals surface area contributed by atoms with Crippen LogP contribution in [-0.2, 0) is 19.6 Å². The van der Waals surface area contributed by atoms with E-state index in [1.807, 2.05) is 0 Å². The van der Waals surface area contributed by atoms with E-state index in [0.717, 1.165) is 19.3 Å². The maximum absolute atomic E-state index is 12.9. The van der Waals surface area contributed by atoms with Gasteiger partial charge in [-0.15, -0.1) is 0 Å². The predicted molar refractivity (Wildman–Crippen MR) is 121 cm³/mol. The van der Waals surface area contributed by atoms with Crippen LogP contribution in [0.5, 0.6) is 5.75 Å². The zero-order valence-corrected chi connectivity index (χ0v) is 19.5. The summed E-state index contributed by atoms with van der Waals surface area (Å²) in [5, 5.41) is 2.98. The first-order chi connectivity index (χ1) is 15.2. The van der Waals surface area contributed by atoms with Gasteiger partial charge in [-0.05, 0) is 55.7 Å². The van der Waals surface area contributed by atoms with Crippen LogP contribution in [0.3, 0.4) is 0 Å². The van der Waals surface area contributed by atoms with Crippen molar-refractivity contribution in [1.29, 1.82) is 0 Å². The number of esters is 1. The molecular weight excluding hydrogens is 456 g/mol. The van der Waals surface area contributed by atoms with Gasteiger partial charge >= 0.3 is 5.97 Å². The minimum absolute atomic E-state index is 0.0325. The number of carbonyl (C=O) groups is 2. The van der Waals surface area contributed by atoms with Crippen molar-refractivity contribution in [2.75, 3.05) is 32.1 Å². The van der Waals surface area contributed by atoms with Crippen LogP contribution >= 0.6 is 11.6 Å². The highest BCUT2D eigenvalue weighted by atomic mass is 35.5. The van der Waals surface area contributed by atoms with E-state index < -0.39 is 28.5 Å². The van der Waals surface area contributed by atoms with Gasteiger partial charge in [-0.3, -0.25) is 4.79 Å². The van der Waals surface area contributed by atoms with Crippen LogP contribution in [0.25, 0.3) is 0 Å². The van der Waals surface area contributed by atoms with Gasteiger partial charge in [-0.25, -0.2) is 13.2 Å². The predicted octanol–water partition coefficient (Wildman–Crippen LogP) is 3.63. The highest BCUT2D eigenvalue weighted by Gasteiger charge is 2.27. The molecule has 1 N–H and O–H groups in total. The lowest BCUT2D eigenvalue weighted by atomic mass is 10.1. The van der Waals surface area contributed by atoms with Gasteiger partial charge in [0.25, 0.3) is 5.91 Å². The molecule has 0 spiro atoms. The lowest BCUT2D eigenvalue weighted by molar-refractivity contribution is -0.119. The van der Waals surface area contributed by atoms with Gasteiger partial charge in [-0.2, -0.15) is 4.31 Å². The third kappa shape index (κ3) is 5.59. The molecule has 0 aromatic heterocycles. The summed E-state index contributed by atoms with van der Waals surface area (Å²) in [6.07, 6.45) is 2.62. The number of rotatable bonds is 7. The second-order valence-corrected chi connectivity index (χ2v) is 9.78. The van der Waals surface area contributed by atoms with Gasteiger partial charge in [0.15, 0.2) is 6.61 Å². The van der Waals surface area contributed by atoms with Crippen LogP contribution in [0.2, 0.25) is 5.02 Å². The van der Waals surface area contributed by atoms with E-state index in [2.05, 4.69) is 5.32 Å². The third-order valence-corrected chi connectivity index (χ3v) is 7.28. The van der Waals surface area contributed by atoms with E-state index in [-0.39, 0.29) is 10.5 Å². The van der Waals surface area contributed by atoms with Crippen molar-refractivity contribution in [2.24, 2.45) is 0 Å². The van der Waals surface area contributed by atoms with Crippen molar-refractivity contribution in [3.63, 3.8) is 0 Å². The molecule has 0 atom stereocenters. The summed E-state index contributed by atoms with van der Waals surface area (Å²) in [5.74, 6) is -0.972.